The second-order valence-electron chi connectivity index (χ2n) is 4.08. The number of hydrogen-bond donors (Lipinski definition) is 2. The maximum atomic E-state index is 13.5. The predicted octanol–water partition coefficient (Wildman–Crippen LogP) is 3.93. The highest BCUT2D eigenvalue weighted by atomic mass is 35.5. The Morgan fingerprint density at radius 1 is 1.20 bits per heavy atom. The van der Waals surface area contributed by atoms with E-state index in [9.17, 15) is 13.6 Å². The van der Waals surface area contributed by atoms with E-state index in [4.69, 9.17) is 16.7 Å². The standard InChI is InChI=1S/C14H10ClF2NO2/c15-9-1-4-13(11(6-9)14(19)20)18-7-8-5-10(16)2-3-12(8)17/h1-6,18H,7H2,(H,19,20). The van der Waals surface area contributed by atoms with Gasteiger partial charge in [0.15, 0.2) is 0 Å². The lowest BCUT2D eigenvalue weighted by Gasteiger charge is -2.10. The first-order valence-corrected chi connectivity index (χ1v) is 6.06. The molecule has 0 unspecified atom stereocenters. The second-order valence-corrected chi connectivity index (χ2v) is 4.52. The van der Waals surface area contributed by atoms with Crippen LogP contribution in [0.4, 0.5) is 14.5 Å². The van der Waals surface area contributed by atoms with E-state index < -0.39 is 17.6 Å². The second kappa shape index (κ2) is 5.88. The molecule has 2 aromatic rings. The Balaban J connectivity index is 2.23. The molecule has 0 aliphatic carbocycles. The van der Waals surface area contributed by atoms with E-state index in [2.05, 4.69) is 5.32 Å². The summed E-state index contributed by atoms with van der Waals surface area (Å²) in [6, 6.07) is 7.37. The molecule has 104 valence electrons. The zero-order valence-corrected chi connectivity index (χ0v) is 10.9. The number of carboxylic acid groups (broad SMARTS) is 1. The summed E-state index contributed by atoms with van der Waals surface area (Å²) >= 11 is 5.72. The first-order chi connectivity index (χ1) is 9.47. The van der Waals surface area contributed by atoms with E-state index >= 15 is 0 Å². The van der Waals surface area contributed by atoms with E-state index in [0.29, 0.717) is 0 Å². The number of benzene rings is 2. The van der Waals surface area contributed by atoms with Crippen LogP contribution in [-0.2, 0) is 6.54 Å². The van der Waals surface area contributed by atoms with Crippen molar-refractivity contribution in [3.05, 3.63) is 64.2 Å². The fraction of sp³-hybridized carbons (Fsp3) is 0.0714. The Bertz CT molecular complexity index is 662. The predicted molar refractivity (Wildman–Crippen MR) is 72.1 cm³/mol. The summed E-state index contributed by atoms with van der Waals surface area (Å²) in [5, 5.41) is 12.1. The zero-order chi connectivity index (χ0) is 14.7. The molecule has 0 aliphatic heterocycles. The van der Waals surface area contributed by atoms with Gasteiger partial charge in [-0.25, -0.2) is 13.6 Å². The Morgan fingerprint density at radius 2 is 1.95 bits per heavy atom. The summed E-state index contributed by atoms with van der Waals surface area (Å²) in [6.07, 6.45) is 0. The average Bonchev–Trinajstić information content (AvgIpc) is 2.40. The molecule has 2 N–H and O–H groups in total. The van der Waals surface area contributed by atoms with Crippen molar-refractivity contribution in [2.45, 2.75) is 6.54 Å². The molecule has 0 saturated carbocycles. The third kappa shape index (κ3) is 3.24. The van der Waals surface area contributed by atoms with Crippen LogP contribution >= 0.6 is 11.6 Å². The number of carbonyl (C=O) groups is 1. The summed E-state index contributed by atoms with van der Waals surface area (Å²) in [4.78, 5) is 11.1. The molecular weight excluding hydrogens is 288 g/mol. The lowest BCUT2D eigenvalue weighted by molar-refractivity contribution is 0.0698. The third-order valence-corrected chi connectivity index (χ3v) is 2.92. The molecule has 2 rings (SSSR count). The van der Waals surface area contributed by atoms with Gasteiger partial charge in [-0.1, -0.05) is 11.6 Å². The van der Waals surface area contributed by atoms with Gasteiger partial charge in [0, 0.05) is 22.8 Å². The van der Waals surface area contributed by atoms with Gasteiger partial charge >= 0.3 is 5.97 Å². The normalized spacial score (nSPS) is 10.3. The van der Waals surface area contributed by atoms with E-state index in [1.165, 1.54) is 18.2 Å². The Hall–Kier alpha value is -2.14. The van der Waals surface area contributed by atoms with Gasteiger partial charge in [-0.2, -0.15) is 0 Å². The molecule has 0 aliphatic rings. The third-order valence-electron chi connectivity index (χ3n) is 2.69. The van der Waals surface area contributed by atoms with Crippen molar-refractivity contribution in [2.75, 3.05) is 5.32 Å². The van der Waals surface area contributed by atoms with Crippen molar-refractivity contribution in [3.8, 4) is 0 Å². The Labute approximate surface area is 118 Å². The molecule has 0 amide bonds. The zero-order valence-electron chi connectivity index (χ0n) is 10.2. The van der Waals surface area contributed by atoms with Gasteiger partial charge in [-0.3, -0.25) is 0 Å². The molecule has 0 bridgehead atoms. The van der Waals surface area contributed by atoms with Crippen LogP contribution in [0.2, 0.25) is 5.02 Å². The van der Waals surface area contributed by atoms with E-state index in [0.717, 1.165) is 18.2 Å². The van der Waals surface area contributed by atoms with E-state index in [1.807, 2.05) is 0 Å². The number of rotatable bonds is 4. The molecule has 3 nitrogen and oxygen atoms in total. The van der Waals surface area contributed by atoms with Crippen molar-refractivity contribution < 1.29 is 18.7 Å². The van der Waals surface area contributed by atoms with Crippen LogP contribution in [-0.4, -0.2) is 11.1 Å². The molecule has 0 radical (unpaired) electrons. The van der Waals surface area contributed by atoms with Gasteiger partial charge in [0.05, 0.1) is 5.56 Å². The lowest BCUT2D eigenvalue weighted by Crippen LogP contribution is -2.07. The van der Waals surface area contributed by atoms with Crippen LogP contribution < -0.4 is 5.32 Å². The minimum absolute atomic E-state index is 0.0330. The van der Waals surface area contributed by atoms with Crippen LogP contribution in [0.25, 0.3) is 0 Å². The van der Waals surface area contributed by atoms with Crippen molar-refractivity contribution in [3.63, 3.8) is 0 Å². The number of hydrogen-bond acceptors (Lipinski definition) is 2. The van der Waals surface area contributed by atoms with Gasteiger partial charge in [0.1, 0.15) is 11.6 Å². The number of aromatic carboxylic acids is 1. The minimum atomic E-state index is -1.16. The Morgan fingerprint density at radius 3 is 2.65 bits per heavy atom. The fourth-order valence-electron chi connectivity index (χ4n) is 1.72. The van der Waals surface area contributed by atoms with Gasteiger partial charge in [0.2, 0.25) is 0 Å². The van der Waals surface area contributed by atoms with Crippen molar-refractivity contribution in [2.24, 2.45) is 0 Å². The molecule has 0 atom stereocenters. The number of nitrogens with one attached hydrogen (secondary N) is 1. The molecule has 0 saturated heterocycles. The SMILES string of the molecule is O=C(O)c1cc(Cl)ccc1NCc1cc(F)ccc1F. The molecule has 0 heterocycles. The number of anilines is 1. The minimum Gasteiger partial charge on any atom is -0.478 e. The van der Waals surface area contributed by atoms with Crippen LogP contribution in [0.1, 0.15) is 15.9 Å². The molecule has 0 aromatic heterocycles. The van der Waals surface area contributed by atoms with Gasteiger partial charge < -0.3 is 10.4 Å². The summed E-state index contributed by atoms with van der Waals surface area (Å²) < 4.78 is 26.5. The van der Waals surface area contributed by atoms with E-state index in [1.54, 1.807) is 0 Å². The molecule has 2 aromatic carbocycles. The Kier molecular flexibility index (Phi) is 4.20. The van der Waals surface area contributed by atoms with Crippen LogP contribution in [0.15, 0.2) is 36.4 Å². The van der Waals surface area contributed by atoms with Crippen molar-refractivity contribution in [1.29, 1.82) is 0 Å². The lowest BCUT2D eigenvalue weighted by atomic mass is 10.1. The van der Waals surface area contributed by atoms with Crippen LogP contribution in [0.3, 0.4) is 0 Å². The average molecular weight is 298 g/mol. The molecule has 0 fully saturated rings. The van der Waals surface area contributed by atoms with Crippen LogP contribution in [0, 0.1) is 11.6 Å². The topological polar surface area (TPSA) is 49.3 Å². The monoisotopic (exact) mass is 297 g/mol. The van der Waals surface area contributed by atoms with Crippen LogP contribution in [0.5, 0.6) is 0 Å². The first kappa shape index (κ1) is 14.3. The van der Waals surface area contributed by atoms with Crippen molar-refractivity contribution >= 4 is 23.3 Å². The highest BCUT2D eigenvalue weighted by Crippen LogP contribution is 2.22. The first-order valence-electron chi connectivity index (χ1n) is 5.68. The summed E-state index contributed by atoms with van der Waals surface area (Å²) in [7, 11) is 0. The molecule has 20 heavy (non-hydrogen) atoms. The smallest absolute Gasteiger partial charge is 0.337 e. The molecule has 0 spiro atoms. The van der Waals surface area contributed by atoms with Gasteiger partial charge in [-0.15, -0.1) is 0 Å². The molecule has 6 heteroatoms. The highest BCUT2D eigenvalue weighted by Gasteiger charge is 2.11. The largest absolute Gasteiger partial charge is 0.478 e. The maximum Gasteiger partial charge on any atom is 0.337 e. The quantitative estimate of drug-likeness (QED) is 0.899. The summed E-state index contributed by atoms with van der Waals surface area (Å²) in [5.41, 5.74) is 0.358. The maximum absolute atomic E-state index is 13.5. The number of carboxylic acids is 1. The van der Waals surface area contributed by atoms with E-state index in [-0.39, 0.29) is 28.4 Å². The van der Waals surface area contributed by atoms with Crippen molar-refractivity contribution in [1.82, 2.24) is 0 Å². The van der Waals surface area contributed by atoms with Gasteiger partial charge in [0.25, 0.3) is 0 Å². The highest BCUT2D eigenvalue weighted by molar-refractivity contribution is 6.31. The van der Waals surface area contributed by atoms with Gasteiger partial charge in [-0.05, 0) is 36.4 Å². The number of halogens is 3. The summed E-state index contributed by atoms with van der Waals surface area (Å²) in [5.74, 6) is -2.28. The molecular formula is C14H10ClF2NO2. The summed E-state index contributed by atoms with van der Waals surface area (Å²) in [6.45, 7) is -0.0362. The fourth-order valence-corrected chi connectivity index (χ4v) is 1.89.